The van der Waals surface area contributed by atoms with Crippen LogP contribution in [0.5, 0.6) is 0 Å². The van der Waals surface area contributed by atoms with E-state index in [2.05, 4.69) is 0 Å². The van der Waals surface area contributed by atoms with Gasteiger partial charge in [-0.1, -0.05) is 19.4 Å². The number of hydrogen-bond acceptors (Lipinski definition) is 2. The topological polar surface area (TPSA) is 29.3 Å². The van der Waals surface area contributed by atoms with E-state index in [0.29, 0.717) is 25.1 Å². The molecular formula is C16H25F3N2. The SMILES string of the molecule is CCCCN(CC)c1ccc(CC(C)N)cc1C(F)(F)F. The van der Waals surface area contributed by atoms with E-state index < -0.39 is 11.7 Å². The van der Waals surface area contributed by atoms with Crippen LogP contribution in [0.3, 0.4) is 0 Å². The van der Waals surface area contributed by atoms with Gasteiger partial charge in [0.2, 0.25) is 0 Å². The molecule has 0 spiro atoms. The molecule has 1 atom stereocenters. The van der Waals surface area contributed by atoms with Gasteiger partial charge in [0.25, 0.3) is 0 Å². The largest absolute Gasteiger partial charge is 0.418 e. The quantitative estimate of drug-likeness (QED) is 0.817. The molecule has 1 rings (SSSR count). The Kier molecular flexibility index (Phi) is 6.52. The van der Waals surface area contributed by atoms with Crippen LogP contribution in [0.25, 0.3) is 0 Å². The minimum Gasteiger partial charge on any atom is -0.371 e. The lowest BCUT2D eigenvalue weighted by atomic mass is 10.0. The molecule has 2 nitrogen and oxygen atoms in total. The number of alkyl halides is 3. The maximum Gasteiger partial charge on any atom is 0.418 e. The van der Waals surface area contributed by atoms with E-state index in [4.69, 9.17) is 5.73 Å². The summed E-state index contributed by atoms with van der Waals surface area (Å²) in [4.78, 5) is 1.79. The second-order valence-corrected chi connectivity index (χ2v) is 5.46. The Labute approximate surface area is 125 Å². The summed E-state index contributed by atoms with van der Waals surface area (Å²) < 4.78 is 40.0. The molecule has 0 heterocycles. The van der Waals surface area contributed by atoms with Crippen LogP contribution in [0, 0.1) is 0 Å². The highest BCUT2D eigenvalue weighted by Gasteiger charge is 2.35. The molecular weight excluding hydrogens is 277 g/mol. The third-order valence-electron chi connectivity index (χ3n) is 3.43. The number of nitrogens with two attached hydrogens (primary N) is 1. The minimum absolute atomic E-state index is 0.153. The van der Waals surface area contributed by atoms with E-state index in [0.717, 1.165) is 12.8 Å². The lowest BCUT2D eigenvalue weighted by molar-refractivity contribution is -0.137. The van der Waals surface area contributed by atoms with Crippen LogP contribution in [0.2, 0.25) is 0 Å². The Hall–Kier alpha value is -1.23. The normalized spacial score (nSPS) is 13.3. The first kappa shape index (κ1) is 17.8. The van der Waals surface area contributed by atoms with Gasteiger partial charge in [0.05, 0.1) is 5.56 Å². The summed E-state index contributed by atoms with van der Waals surface area (Å²) in [6.07, 6.45) is -2.05. The van der Waals surface area contributed by atoms with Gasteiger partial charge in [0, 0.05) is 24.8 Å². The smallest absolute Gasteiger partial charge is 0.371 e. The van der Waals surface area contributed by atoms with Crippen molar-refractivity contribution in [3.8, 4) is 0 Å². The van der Waals surface area contributed by atoms with Gasteiger partial charge in [-0.15, -0.1) is 0 Å². The van der Waals surface area contributed by atoms with Crippen LogP contribution in [-0.2, 0) is 12.6 Å². The molecule has 0 fully saturated rings. The van der Waals surface area contributed by atoms with Gasteiger partial charge in [-0.2, -0.15) is 13.2 Å². The zero-order chi connectivity index (χ0) is 16.0. The number of halogens is 3. The van der Waals surface area contributed by atoms with Gasteiger partial charge in [-0.25, -0.2) is 0 Å². The summed E-state index contributed by atoms with van der Waals surface area (Å²) in [7, 11) is 0. The highest BCUT2D eigenvalue weighted by atomic mass is 19.4. The molecule has 21 heavy (non-hydrogen) atoms. The van der Waals surface area contributed by atoms with Crippen molar-refractivity contribution in [1.29, 1.82) is 0 Å². The molecule has 2 N–H and O–H groups in total. The molecule has 120 valence electrons. The fourth-order valence-corrected chi connectivity index (χ4v) is 2.38. The van der Waals surface area contributed by atoms with E-state index in [9.17, 15) is 13.2 Å². The Balaban J connectivity index is 3.17. The number of rotatable bonds is 7. The molecule has 0 aliphatic heterocycles. The maximum atomic E-state index is 13.3. The van der Waals surface area contributed by atoms with E-state index in [1.165, 1.54) is 6.07 Å². The van der Waals surface area contributed by atoms with Crippen LogP contribution in [0.1, 0.15) is 44.7 Å². The van der Waals surface area contributed by atoms with Crippen LogP contribution in [-0.4, -0.2) is 19.1 Å². The lowest BCUT2D eigenvalue weighted by Gasteiger charge is -2.27. The number of nitrogens with zero attached hydrogens (tertiary/aromatic N) is 1. The van der Waals surface area contributed by atoms with Crippen LogP contribution < -0.4 is 10.6 Å². The van der Waals surface area contributed by atoms with Gasteiger partial charge in [0.1, 0.15) is 0 Å². The summed E-state index contributed by atoms with van der Waals surface area (Å²) in [5.74, 6) is 0. The van der Waals surface area contributed by atoms with Crippen molar-refractivity contribution in [3.63, 3.8) is 0 Å². The van der Waals surface area contributed by atoms with Crippen molar-refractivity contribution in [3.05, 3.63) is 29.3 Å². The minimum atomic E-state index is -4.34. The molecule has 1 unspecified atom stereocenters. The monoisotopic (exact) mass is 302 g/mol. The molecule has 5 heteroatoms. The van der Waals surface area contributed by atoms with E-state index in [-0.39, 0.29) is 11.7 Å². The highest BCUT2D eigenvalue weighted by molar-refractivity contribution is 5.56. The fourth-order valence-electron chi connectivity index (χ4n) is 2.38. The third kappa shape index (κ3) is 5.23. The average Bonchev–Trinajstić information content (AvgIpc) is 2.39. The summed E-state index contributed by atoms with van der Waals surface area (Å²) in [6.45, 7) is 6.91. The molecule has 0 aromatic heterocycles. The predicted molar refractivity (Wildman–Crippen MR) is 81.6 cm³/mol. The Morgan fingerprint density at radius 1 is 1.24 bits per heavy atom. The van der Waals surface area contributed by atoms with Gasteiger partial charge in [0.15, 0.2) is 0 Å². The molecule has 1 aromatic carbocycles. The first-order valence-corrected chi connectivity index (χ1v) is 7.50. The molecule has 0 radical (unpaired) electrons. The molecule has 0 saturated carbocycles. The van der Waals surface area contributed by atoms with Crippen LogP contribution >= 0.6 is 0 Å². The van der Waals surface area contributed by atoms with Crippen molar-refractivity contribution >= 4 is 5.69 Å². The van der Waals surface area contributed by atoms with Crippen molar-refractivity contribution < 1.29 is 13.2 Å². The Morgan fingerprint density at radius 3 is 2.38 bits per heavy atom. The van der Waals surface area contributed by atoms with Gasteiger partial charge in [-0.05, 0) is 44.4 Å². The third-order valence-corrected chi connectivity index (χ3v) is 3.43. The second-order valence-electron chi connectivity index (χ2n) is 5.46. The fraction of sp³-hybridized carbons (Fsp3) is 0.625. The van der Waals surface area contributed by atoms with Gasteiger partial charge in [-0.3, -0.25) is 0 Å². The van der Waals surface area contributed by atoms with E-state index in [1.807, 2.05) is 13.8 Å². The van der Waals surface area contributed by atoms with E-state index in [1.54, 1.807) is 24.0 Å². The molecule has 1 aromatic rings. The summed E-state index contributed by atoms with van der Waals surface area (Å²) in [5.41, 5.74) is 6.03. The maximum absolute atomic E-state index is 13.3. The summed E-state index contributed by atoms with van der Waals surface area (Å²) in [5, 5.41) is 0. The second kappa shape index (κ2) is 7.69. The summed E-state index contributed by atoms with van der Waals surface area (Å²) >= 11 is 0. The van der Waals surface area contributed by atoms with Gasteiger partial charge < -0.3 is 10.6 Å². The zero-order valence-electron chi connectivity index (χ0n) is 13.0. The molecule has 0 aliphatic rings. The average molecular weight is 302 g/mol. The Morgan fingerprint density at radius 2 is 1.90 bits per heavy atom. The lowest BCUT2D eigenvalue weighted by Crippen LogP contribution is -2.27. The van der Waals surface area contributed by atoms with Crippen molar-refractivity contribution in [2.45, 2.75) is 52.3 Å². The first-order chi connectivity index (χ1) is 9.79. The number of hydrogen-bond donors (Lipinski definition) is 1. The van der Waals surface area contributed by atoms with Crippen molar-refractivity contribution in [2.75, 3.05) is 18.0 Å². The number of benzene rings is 1. The Bertz CT molecular complexity index is 442. The number of anilines is 1. The molecule has 0 aliphatic carbocycles. The summed E-state index contributed by atoms with van der Waals surface area (Å²) in [6, 6.07) is 4.43. The van der Waals surface area contributed by atoms with Crippen molar-refractivity contribution in [2.24, 2.45) is 5.73 Å². The standard InChI is InChI=1S/C16H25F3N2/c1-4-6-9-21(5-2)15-8-7-13(10-12(3)20)11-14(15)16(17,18)19/h7-8,11-12H,4-6,9-10,20H2,1-3H3. The van der Waals surface area contributed by atoms with Gasteiger partial charge >= 0.3 is 6.18 Å². The van der Waals surface area contributed by atoms with Crippen LogP contribution in [0.15, 0.2) is 18.2 Å². The highest BCUT2D eigenvalue weighted by Crippen LogP contribution is 2.37. The van der Waals surface area contributed by atoms with E-state index >= 15 is 0 Å². The van der Waals surface area contributed by atoms with Crippen LogP contribution in [0.4, 0.5) is 18.9 Å². The predicted octanol–water partition coefficient (Wildman–Crippen LogP) is 4.22. The number of unbranched alkanes of at least 4 members (excludes halogenated alkanes) is 1. The molecule has 0 saturated heterocycles. The first-order valence-electron chi connectivity index (χ1n) is 7.50. The zero-order valence-corrected chi connectivity index (χ0v) is 13.0. The molecule has 0 bridgehead atoms. The van der Waals surface area contributed by atoms with Crippen molar-refractivity contribution in [1.82, 2.24) is 0 Å². The molecule has 0 amide bonds.